The summed E-state index contributed by atoms with van der Waals surface area (Å²) in [6, 6.07) is 7.72. The third kappa shape index (κ3) is 4.89. The first kappa shape index (κ1) is 14.4. The van der Waals surface area contributed by atoms with Gasteiger partial charge in [-0.25, -0.2) is 0 Å². The number of hydrogen-bond acceptors (Lipinski definition) is 1. The molecular weight excluding hydrogens is 232 g/mol. The molecule has 0 aromatic heterocycles. The molecule has 19 heavy (non-hydrogen) atoms. The van der Waals surface area contributed by atoms with Crippen molar-refractivity contribution >= 4 is 0 Å². The Morgan fingerprint density at radius 1 is 0.947 bits per heavy atom. The predicted molar refractivity (Wildman–Crippen MR) is 81.4 cm³/mol. The van der Waals surface area contributed by atoms with Crippen molar-refractivity contribution in [3.63, 3.8) is 0 Å². The van der Waals surface area contributed by atoms with Crippen molar-refractivity contribution in [2.24, 2.45) is 11.8 Å². The minimum Gasteiger partial charge on any atom is -0.508 e. The lowest BCUT2D eigenvalue weighted by Crippen LogP contribution is -2.15. The predicted octanol–water partition coefficient (Wildman–Crippen LogP) is 5.32. The molecule has 0 radical (unpaired) electrons. The fourth-order valence-electron chi connectivity index (χ4n) is 3.34. The maximum atomic E-state index is 9.27. The van der Waals surface area contributed by atoms with E-state index in [4.69, 9.17) is 0 Å². The van der Waals surface area contributed by atoms with Gasteiger partial charge >= 0.3 is 0 Å². The fraction of sp³-hybridized carbons (Fsp3) is 0.667. The highest BCUT2D eigenvalue weighted by molar-refractivity contribution is 5.25. The fourth-order valence-corrected chi connectivity index (χ4v) is 3.34. The molecule has 0 atom stereocenters. The molecule has 1 aliphatic rings. The second-order valence-corrected chi connectivity index (χ2v) is 6.23. The second kappa shape index (κ2) is 7.57. The van der Waals surface area contributed by atoms with Crippen LogP contribution in [0.1, 0.15) is 63.9 Å². The van der Waals surface area contributed by atoms with Gasteiger partial charge < -0.3 is 5.11 Å². The maximum absolute atomic E-state index is 9.27. The zero-order valence-corrected chi connectivity index (χ0v) is 12.3. The average molecular weight is 260 g/mol. The molecule has 0 spiro atoms. The third-order valence-corrected chi connectivity index (χ3v) is 4.71. The van der Waals surface area contributed by atoms with E-state index in [1.807, 2.05) is 0 Å². The largest absolute Gasteiger partial charge is 0.508 e. The lowest BCUT2D eigenvalue weighted by atomic mass is 9.78. The summed E-state index contributed by atoms with van der Waals surface area (Å²) in [5.74, 6) is 2.33. The highest BCUT2D eigenvalue weighted by Gasteiger charge is 2.20. The van der Waals surface area contributed by atoms with Crippen LogP contribution in [-0.4, -0.2) is 5.11 Å². The van der Waals surface area contributed by atoms with E-state index in [0.717, 1.165) is 11.8 Å². The van der Waals surface area contributed by atoms with Crippen molar-refractivity contribution in [1.82, 2.24) is 0 Å². The van der Waals surface area contributed by atoms with Crippen LogP contribution in [0.2, 0.25) is 0 Å². The molecule has 1 aromatic rings. The van der Waals surface area contributed by atoms with E-state index in [0.29, 0.717) is 5.75 Å². The van der Waals surface area contributed by atoms with Gasteiger partial charge in [0.15, 0.2) is 0 Å². The van der Waals surface area contributed by atoms with Crippen molar-refractivity contribution in [2.45, 2.75) is 64.7 Å². The Bertz CT molecular complexity index is 346. The van der Waals surface area contributed by atoms with Crippen LogP contribution in [0.15, 0.2) is 24.3 Å². The molecular formula is C18H28O. The molecule has 1 heteroatoms. The average Bonchev–Trinajstić information content (AvgIpc) is 2.46. The minimum atomic E-state index is 0.375. The highest BCUT2D eigenvalue weighted by atomic mass is 16.3. The van der Waals surface area contributed by atoms with Crippen LogP contribution in [0.25, 0.3) is 0 Å². The van der Waals surface area contributed by atoms with Gasteiger partial charge in [-0.05, 0) is 42.4 Å². The highest BCUT2D eigenvalue weighted by Crippen LogP contribution is 2.34. The molecule has 0 unspecified atom stereocenters. The standard InChI is InChI=1S/C18H28O/c1-2-3-4-15-5-7-16(8-6-15)9-10-17-11-13-18(19)14-12-17/h11-16,19H,2-10H2,1H3/t15-,16-. The van der Waals surface area contributed by atoms with Crippen LogP contribution in [0.3, 0.4) is 0 Å². The van der Waals surface area contributed by atoms with Gasteiger partial charge in [0, 0.05) is 0 Å². The first-order chi connectivity index (χ1) is 9.28. The van der Waals surface area contributed by atoms with Gasteiger partial charge in [-0.15, -0.1) is 0 Å². The van der Waals surface area contributed by atoms with Crippen LogP contribution >= 0.6 is 0 Å². The summed E-state index contributed by atoms with van der Waals surface area (Å²) in [5, 5.41) is 9.27. The number of hydrogen-bond donors (Lipinski definition) is 1. The Hall–Kier alpha value is -0.980. The van der Waals surface area contributed by atoms with Crippen molar-refractivity contribution in [3.8, 4) is 5.75 Å². The van der Waals surface area contributed by atoms with E-state index >= 15 is 0 Å². The second-order valence-electron chi connectivity index (χ2n) is 6.23. The van der Waals surface area contributed by atoms with E-state index < -0.39 is 0 Å². The van der Waals surface area contributed by atoms with E-state index in [2.05, 4.69) is 19.1 Å². The lowest BCUT2D eigenvalue weighted by molar-refractivity contribution is 0.250. The summed E-state index contributed by atoms with van der Waals surface area (Å²) in [6.07, 6.45) is 12.5. The number of phenols is 1. The zero-order valence-electron chi connectivity index (χ0n) is 12.3. The van der Waals surface area contributed by atoms with Crippen LogP contribution in [-0.2, 0) is 6.42 Å². The Morgan fingerprint density at radius 2 is 1.53 bits per heavy atom. The SMILES string of the molecule is CCCC[C@H]1CC[C@H](CCc2ccc(O)cc2)CC1. The molecule has 1 N–H and O–H groups in total. The molecule has 106 valence electrons. The number of aryl methyl sites for hydroxylation is 1. The molecule has 0 heterocycles. The Morgan fingerprint density at radius 3 is 2.11 bits per heavy atom. The van der Waals surface area contributed by atoms with Crippen molar-refractivity contribution in [1.29, 1.82) is 0 Å². The molecule has 1 aromatic carbocycles. The number of benzene rings is 1. The molecule has 1 nitrogen and oxygen atoms in total. The van der Waals surface area contributed by atoms with Gasteiger partial charge in [0.05, 0.1) is 0 Å². The van der Waals surface area contributed by atoms with Crippen LogP contribution in [0.4, 0.5) is 0 Å². The van der Waals surface area contributed by atoms with Gasteiger partial charge in [0.1, 0.15) is 5.75 Å². The summed E-state index contributed by atoms with van der Waals surface area (Å²) in [7, 11) is 0. The Kier molecular flexibility index (Phi) is 5.75. The quantitative estimate of drug-likeness (QED) is 0.733. The molecule has 0 aliphatic heterocycles. The number of aromatic hydroxyl groups is 1. The summed E-state index contributed by atoms with van der Waals surface area (Å²) in [6.45, 7) is 2.29. The number of rotatable bonds is 6. The number of unbranched alkanes of at least 4 members (excludes halogenated alkanes) is 1. The zero-order chi connectivity index (χ0) is 13.5. The smallest absolute Gasteiger partial charge is 0.115 e. The number of phenolic OH excluding ortho intramolecular Hbond substituents is 1. The van der Waals surface area contributed by atoms with Gasteiger partial charge in [0.25, 0.3) is 0 Å². The first-order valence-electron chi connectivity index (χ1n) is 8.06. The molecule has 1 saturated carbocycles. The molecule has 0 bridgehead atoms. The molecule has 0 saturated heterocycles. The van der Waals surface area contributed by atoms with Crippen molar-refractivity contribution in [2.75, 3.05) is 0 Å². The van der Waals surface area contributed by atoms with Crippen molar-refractivity contribution < 1.29 is 5.11 Å². The van der Waals surface area contributed by atoms with Crippen LogP contribution in [0, 0.1) is 11.8 Å². The van der Waals surface area contributed by atoms with Gasteiger partial charge in [-0.3, -0.25) is 0 Å². The molecule has 1 aliphatic carbocycles. The summed E-state index contributed by atoms with van der Waals surface area (Å²) >= 11 is 0. The third-order valence-electron chi connectivity index (χ3n) is 4.71. The molecule has 2 rings (SSSR count). The maximum Gasteiger partial charge on any atom is 0.115 e. The Balaban J connectivity index is 1.67. The summed E-state index contributed by atoms with van der Waals surface area (Å²) in [5.41, 5.74) is 1.37. The van der Waals surface area contributed by atoms with E-state index in [1.165, 1.54) is 63.4 Å². The normalized spacial score (nSPS) is 23.4. The topological polar surface area (TPSA) is 20.2 Å². The lowest BCUT2D eigenvalue weighted by Gasteiger charge is -2.28. The first-order valence-corrected chi connectivity index (χ1v) is 8.06. The van der Waals surface area contributed by atoms with Crippen LogP contribution in [0.5, 0.6) is 5.75 Å². The van der Waals surface area contributed by atoms with Crippen molar-refractivity contribution in [3.05, 3.63) is 29.8 Å². The summed E-state index contributed by atoms with van der Waals surface area (Å²) < 4.78 is 0. The minimum absolute atomic E-state index is 0.375. The van der Waals surface area contributed by atoms with E-state index in [9.17, 15) is 5.11 Å². The Labute approximate surface area is 118 Å². The molecule has 1 fully saturated rings. The summed E-state index contributed by atoms with van der Waals surface area (Å²) in [4.78, 5) is 0. The monoisotopic (exact) mass is 260 g/mol. The molecule has 0 amide bonds. The van der Waals surface area contributed by atoms with Gasteiger partial charge in [0.2, 0.25) is 0 Å². The van der Waals surface area contributed by atoms with Gasteiger partial charge in [-0.1, -0.05) is 64.0 Å². The van der Waals surface area contributed by atoms with Crippen LogP contribution < -0.4 is 0 Å². The van der Waals surface area contributed by atoms with Gasteiger partial charge in [-0.2, -0.15) is 0 Å². The van der Waals surface area contributed by atoms with E-state index in [-0.39, 0.29) is 0 Å². The van der Waals surface area contributed by atoms with E-state index in [1.54, 1.807) is 12.1 Å².